The molecule has 1 heterocycles. The minimum absolute atomic E-state index is 0.0669. The van der Waals surface area contributed by atoms with E-state index in [0.29, 0.717) is 88.2 Å². The number of hydrogen-bond acceptors (Lipinski definition) is 11. The number of carbonyl (C=O) groups is 2. The summed E-state index contributed by atoms with van der Waals surface area (Å²) in [6, 6.07) is 0.0669. The molecule has 8 fully saturated rings. The molecule has 67 heavy (non-hydrogen) atoms. The van der Waals surface area contributed by atoms with Gasteiger partial charge in [-0.05, 0) is 152 Å². The molecule has 1 saturated heterocycles. The highest BCUT2D eigenvalue weighted by atomic mass is 32.2. The lowest BCUT2D eigenvalue weighted by Gasteiger charge is -2.73. The van der Waals surface area contributed by atoms with Gasteiger partial charge in [-0.1, -0.05) is 55.4 Å². The van der Waals surface area contributed by atoms with Gasteiger partial charge in [0.1, 0.15) is 6.10 Å². The Balaban J connectivity index is 0.950. The molecule has 12 nitrogen and oxygen atoms in total. The molecule has 0 radical (unpaired) electrons. The standard InChI is InChI=1S/C54H92N2O10S/c1-36(65-30-29-64-28-27-63-26-25-62-10)41(56-23-31-67(60,61)32-24-56)34-55-35-54-18-13-37(50(6)19-20-50)45(54)38-11-12-43-51(7)16-15-44(66-47(59)40-33-39(46(57)58)48(40,2)3)49(4,5)42(51)14-17-53(43,9)52(38,8)21-22-54/h36-45,55H,11-35H2,1-10H3,(H,57,58)/t36-,37-,38-,39+,40-,41-,42+,43-,44+,45-,51+,52-,53-,54?/m1/s1. The maximum Gasteiger partial charge on any atom is 0.309 e. The Morgan fingerprint density at radius 2 is 1.39 bits per heavy atom. The van der Waals surface area contributed by atoms with Gasteiger partial charge in [0.05, 0.1) is 69.1 Å². The van der Waals surface area contributed by atoms with Crippen molar-refractivity contribution in [2.75, 3.05) is 84.4 Å². The van der Waals surface area contributed by atoms with E-state index in [1.54, 1.807) is 7.11 Å². The normalized spacial score (nSPS) is 42.2. The van der Waals surface area contributed by atoms with Crippen LogP contribution in [-0.2, 0) is 43.1 Å². The molecule has 8 rings (SSSR count). The highest BCUT2D eigenvalue weighted by molar-refractivity contribution is 7.91. The third kappa shape index (κ3) is 9.36. The first-order valence-electron chi connectivity index (χ1n) is 26.8. The predicted molar refractivity (Wildman–Crippen MR) is 260 cm³/mol. The van der Waals surface area contributed by atoms with Crippen LogP contribution in [-0.4, -0.2) is 133 Å². The fourth-order valence-corrected chi connectivity index (χ4v) is 18.8. The van der Waals surface area contributed by atoms with Crippen molar-refractivity contribution in [2.45, 2.75) is 164 Å². The maximum atomic E-state index is 13.8. The lowest BCUT2D eigenvalue weighted by molar-refractivity contribution is -0.253. The van der Waals surface area contributed by atoms with Gasteiger partial charge in [-0.3, -0.25) is 14.5 Å². The molecule has 7 saturated carbocycles. The molecule has 0 amide bonds. The Kier molecular flexibility index (Phi) is 14.9. The van der Waals surface area contributed by atoms with Crippen LogP contribution in [0.3, 0.4) is 0 Å². The molecule has 2 N–H and O–H groups in total. The van der Waals surface area contributed by atoms with Gasteiger partial charge in [0.15, 0.2) is 9.84 Å². The first kappa shape index (κ1) is 52.0. The summed E-state index contributed by atoms with van der Waals surface area (Å²) in [7, 11) is -1.35. The summed E-state index contributed by atoms with van der Waals surface area (Å²) < 4.78 is 54.5. The molecule has 0 bridgehead atoms. The van der Waals surface area contributed by atoms with Gasteiger partial charge in [0.25, 0.3) is 0 Å². The zero-order valence-corrected chi connectivity index (χ0v) is 44.2. The van der Waals surface area contributed by atoms with Crippen LogP contribution in [0.5, 0.6) is 0 Å². The largest absolute Gasteiger partial charge is 0.481 e. The number of nitrogens with one attached hydrogen (secondary N) is 1. The lowest BCUT2D eigenvalue weighted by atomic mass is 9.32. The van der Waals surface area contributed by atoms with E-state index < -0.39 is 27.1 Å². The number of fused-ring (bicyclic) bond motifs is 7. The molecule has 1 unspecified atom stereocenters. The third-order valence-electron chi connectivity index (χ3n) is 22.2. The van der Waals surface area contributed by atoms with E-state index in [1.807, 2.05) is 13.8 Å². The molecular formula is C54H92N2O10S. The second-order valence-corrected chi connectivity index (χ2v) is 28.1. The topological polar surface area (TPSA) is 150 Å². The molecule has 8 aliphatic rings. The minimum Gasteiger partial charge on any atom is -0.481 e. The molecule has 1 aliphatic heterocycles. The Labute approximate surface area is 405 Å². The summed E-state index contributed by atoms with van der Waals surface area (Å²) in [4.78, 5) is 28.0. The van der Waals surface area contributed by atoms with Crippen molar-refractivity contribution in [3.63, 3.8) is 0 Å². The van der Waals surface area contributed by atoms with E-state index in [0.717, 1.165) is 38.3 Å². The van der Waals surface area contributed by atoms with Gasteiger partial charge in [-0.2, -0.15) is 0 Å². The van der Waals surface area contributed by atoms with E-state index in [9.17, 15) is 23.1 Å². The Morgan fingerprint density at radius 3 is 2.03 bits per heavy atom. The van der Waals surface area contributed by atoms with Crippen molar-refractivity contribution < 1.29 is 46.8 Å². The van der Waals surface area contributed by atoms with Crippen LogP contribution < -0.4 is 5.32 Å². The van der Waals surface area contributed by atoms with Crippen LogP contribution in [0.4, 0.5) is 0 Å². The Bertz CT molecular complexity index is 1880. The van der Waals surface area contributed by atoms with Crippen LogP contribution in [0.1, 0.15) is 146 Å². The van der Waals surface area contributed by atoms with Crippen LogP contribution in [0.25, 0.3) is 0 Å². The third-order valence-corrected chi connectivity index (χ3v) is 23.8. The lowest BCUT2D eigenvalue weighted by Crippen LogP contribution is -2.67. The van der Waals surface area contributed by atoms with Gasteiger partial charge in [0, 0.05) is 44.7 Å². The van der Waals surface area contributed by atoms with Gasteiger partial charge < -0.3 is 34.1 Å². The summed E-state index contributed by atoms with van der Waals surface area (Å²) >= 11 is 0. The molecule has 0 aromatic heterocycles. The number of ether oxygens (including phenoxy) is 5. The molecule has 7 aliphatic carbocycles. The quantitative estimate of drug-likeness (QED) is 0.0893. The van der Waals surface area contributed by atoms with Crippen LogP contribution in [0.2, 0.25) is 0 Å². The molecule has 0 aromatic rings. The van der Waals surface area contributed by atoms with Gasteiger partial charge >= 0.3 is 11.9 Å². The van der Waals surface area contributed by atoms with E-state index in [2.05, 4.69) is 58.7 Å². The molecule has 0 aromatic carbocycles. The molecule has 13 heteroatoms. The average molecular weight is 961 g/mol. The number of esters is 1. The highest BCUT2D eigenvalue weighted by Crippen LogP contribution is 2.79. The highest BCUT2D eigenvalue weighted by Gasteiger charge is 2.72. The molecule has 14 atom stereocenters. The number of hydrogen-bond donors (Lipinski definition) is 2. The van der Waals surface area contributed by atoms with Crippen LogP contribution in [0, 0.1) is 79.3 Å². The average Bonchev–Trinajstić information content (AvgIpc) is 3.88. The number of methoxy groups -OCH3 is 1. The first-order valence-corrected chi connectivity index (χ1v) is 28.7. The molecule has 0 spiro atoms. The summed E-state index contributed by atoms with van der Waals surface area (Å²) in [5, 5.41) is 13.9. The Morgan fingerprint density at radius 1 is 0.716 bits per heavy atom. The van der Waals surface area contributed by atoms with Crippen LogP contribution in [0.15, 0.2) is 0 Å². The SMILES string of the molecule is COCCOCCOCCO[C@H](C)[C@@H](CNCC12CC[C@@H](C3(C)CC3)[C@@H]1[C@H]1CC[C@@H]3[C@@]4(C)CC[C@H](OC(=O)[C@H]5C[C@@H](C(=O)O)C5(C)C)C(C)(C)[C@@H]4CC[C@@]3(C)[C@]1(C)CC2)N1CCS(=O)(=O)CC1. The summed E-state index contributed by atoms with van der Waals surface area (Å²) in [6.07, 6.45) is 15.0. The smallest absolute Gasteiger partial charge is 0.309 e. The second kappa shape index (κ2) is 19.2. The summed E-state index contributed by atoms with van der Waals surface area (Å²) in [5.74, 6) is 1.78. The fourth-order valence-electron chi connectivity index (χ4n) is 17.5. The number of sulfone groups is 1. The molecular weight excluding hydrogens is 869 g/mol. The predicted octanol–water partition coefficient (Wildman–Crippen LogP) is 8.30. The summed E-state index contributed by atoms with van der Waals surface area (Å²) in [6.45, 7) is 27.4. The van der Waals surface area contributed by atoms with Crippen molar-refractivity contribution in [1.29, 1.82) is 0 Å². The zero-order valence-electron chi connectivity index (χ0n) is 43.4. The van der Waals surface area contributed by atoms with Crippen LogP contribution >= 0.6 is 0 Å². The van der Waals surface area contributed by atoms with E-state index in [4.69, 9.17) is 23.7 Å². The van der Waals surface area contributed by atoms with E-state index in [-0.39, 0.29) is 68.7 Å². The number of nitrogens with zero attached hydrogens (tertiary/aromatic N) is 1. The molecule has 384 valence electrons. The van der Waals surface area contributed by atoms with Crippen molar-refractivity contribution >= 4 is 21.8 Å². The number of carbonyl (C=O) groups excluding carboxylic acids is 1. The van der Waals surface area contributed by atoms with Gasteiger partial charge in [0.2, 0.25) is 0 Å². The monoisotopic (exact) mass is 961 g/mol. The number of rotatable bonds is 20. The van der Waals surface area contributed by atoms with Crippen molar-refractivity contribution in [3.8, 4) is 0 Å². The Hall–Kier alpha value is -1.35. The van der Waals surface area contributed by atoms with Gasteiger partial charge in [-0.25, -0.2) is 8.42 Å². The fraction of sp³-hybridized carbons (Fsp3) is 0.963. The zero-order chi connectivity index (χ0) is 48.4. The van der Waals surface area contributed by atoms with Gasteiger partial charge in [-0.15, -0.1) is 0 Å². The van der Waals surface area contributed by atoms with Crippen molar-refractivity contribution in [1.82, 2.24) is 10.2 Å². The van der Waals surface area contributed by atoms with E-state index in [1.165, 1.54) is 57.8 Å². The first-order chi connectivity index (χ1) is 31.5. The maximum absolute atomic E-state index is 13.8. The minimum atomic E-state index is -3.01. The van der Waals surface area contributed by atoms with E-state index >= 15 is 0 Å². The van der Waals surface area contributed by atoms with Crippen molar-refractivity contribution in [3.05, 3.63) is 0 Å². The summed E-state index contributed by atoms with van der Waals surface area (Å²) in [5.41, 5.74) is 0.600. The number of carboxylic acid groups (broad SMARTS) is 1. The number of aliphatic carboxylic acids is 1. The number of carboxylic acids is 1. The van der Waals surface area contributed by atoms with Crippen molar-refractivity contribution in [2.24, 2.45) is 79.3 Å². The second-order valence-electron chi connectivity index (χ2n) is 25.8.